The average Bonchev–Trinajstić information content (AvgIpc) is 3.11. The minimum Gasteiger partial charge on any atom is -0.494 e. The van der Waals surface area contributed by atoms with Gasteiger partial charge < -0.3 is 15.0 Å². The molecule has 0 saturated carbocycles. The summed E-state index contributed by atoms with van der Waals surface area (Å²) in [5, 5.41) is 5.56. The zero-order chi connectivity index (χ0) is 17.2. The highest BCUT2D eigenvalue weighted by atomic mass is 127. The largest absolute Gasteiger partial charge is 0.494 e. The zero-order valence-electron chi connectivity index (χ0n) is 15.2. The van der Waals surface area contributed by atoms with E-state index in [9.17, 15) is 0 Å². The van der Waals surface area contributed by atoms with E-state index in [0.717, 1.165) is 37.6 Å². The van der Waals surface area contributed by atoms with Gasteiger partial charge in [-0.25, -0.2) is 0 Å². The monoisotopic (exact) mass is 473 g/mol. The molecule has 0 amide bonds. The molecule has 1 aromatic heterocycles. The predicted octanol–water partition coefficient (Wildman–Crippen LogP) is 4.06. The molecule has 25 heavy (non-hydrogen) atoms. The quantitative estimate of drug-likeness (QED) is 0.357. The molecule has 2 rings (SSSR count). The second kappa shape index (κ2) is 12.1. The topological polar surface area (TPSA) is 36.9 Å². The summed E-state index contributed by atoms with van der Waals surface area (Å²) >= 11 is 1.81. The number of hydrogen-bond donors (Lipinski definition) is 1. The molecule has 1 N–H and O–H groups in total. The maximum Gasteiger partial charge on any atom is 0.193 e. The van der Waals surface area contributed by atoms with Crippen molar-refractivity contribution in [2.75, 3.05) is 33.8 Å². The van der Waals surface area contributed by atoms with Crippen molar-refractivity contribution in [2.24, 2.45) is 4.99 Å². The van der Waals surface area contributed by atoms with Crippen LogP contribution in [0.3, 0.4) is 0 Å². The molecular weight excluding hydrogens is 445 g/mol. The van der Waals surface area contributed by atoms with Crippen LogP contribution in [0.15, 0.2) is 46.8 Å². The summed E-state index contributed by atoms with van der Waals surface area (Å²) in [5.74, 6) is 1.87. The lowest BCUT2D eigenvalue weighted by Gasteiger charge is -2.22. The molecule has 6 heteroatoms. The summed E-state index contributed by atoms with van der Waals surface area (Å²) in [4.78, 5) is 7.96. The number of hydrogen-bond acceptors (Lipinski definition) is 3. The highest BCUT2D eigenvalue weighted by molar-refractivity contribution is 14.0. The minimum absolute atomic E-state index is 0. The van der Waals surface area contributed by atoms with Gasteiger partial charge in [0.2, 0.25) is 0 Å². The van der Waals surface area contributed by atoms with Crippen molar-refractivity contribution in [3.05, 3.63) is 52.2 Å². The van der Waals surface area contributed by atoms with Crippen molar-refractivity contribution in [2.45, 2.75) is 19.8 Å². The van der Waals surface area contributed by atoms with Crippen molar-refractivity contribution in [1.29, 1.82) is 0 Å². The van der Waals surface area contributed by atoms with E-state index in [1.54, 1.807) is 11.3 Å². The molecule has 0 atom stereocenters. The van der Waals surface area contributed by atoms with E-state index in [1.807, 2.05) is 26.1 Å². The highest BCUT2D eigenvalue weighted by Gasteiger charge is 2.06. The Balaban J connectivity index is 0.00000312. The van der Waals surface area contributed by atoms with Gasteiger partial charge in [0.05, 0.1) is 6.61 Å². The van der Waals surface area contributed by atoms with Crippen LogP contribution >= 0.6 is 35.3 Å². The summed E-state index contributed by atoms with van der Waals surface area (Å²) < 4.78 is 5.55. The van der Waals surface area contributed by atoms with E-state index in [4.69, 9.17) is 4.74 Å². The number of aliphatic imine (C=N–C) groups is 1. The van der Waals surface area contributed by atoms with E-state index >= 15 is 0 Å². The maximum absolute atomic E-state index is 5.55. The molecule has 0 fully saturated rings. The van der Waals surface area contributed by atoms with Gasteiger partial charge in [0.15, 0.2) is 5.96 Å². The third-order valence-electron chi connectivity index (χ3n) is 3.75. The fourth-order valence-electron chi connectivity index (χ4n) is 2.50. The van der Waals surface area contributed by atoms with Gasteiger partial charge in [-0.1, -0.05) is 18.2 Å². The number of nitrogens with one attached hydrogen (secondary N) is 1. The summed E-state index contributed by atoms with van der Waals surface area (Å²) in [6.07, 6.45) is 1.99. The van der Waals surface area contributed by atoms with E-state index in [-0.39, 0.29) is 24.0 Å². The lowest BCUT2D eigenvalue weighted by molar-refractivity contribution is 0.340. The van der Waals surface area contributed by atoms with Crippen molar-refractivity contribution >= 4 is 41.3 Å². The molecule has 0 aliphatic rings. The number of halogens is 1. The Morgan fingerprint density at radius 2 is 2.08 bits per heavy atom. The summed E-state index contributed by atoms with van der Waals surface area (Å²) in [7, 11) is 3.92. The molecule has 0 bridgehead atoms. The fraction of sp³-hybridized carbons (Fsp3) is 0.421. The third kappa shape index (κ3) is 7.64. The number of benzene rings is 1. The van der Waals surface area contributed by atoms with E-state index < -0.39 is 0 Å². The molecule has 1 heterocycles. The maximum atomic E-state index is 5.55. The van der Waals surface area contributed by atoms with Crippen LogP contribution in [0, 0.1) is 0 Å². The Hall–Kier alpha value is -1.28. The van der Waals surface area contributed by atoms with Crippen LogP contribution in [0.1, 0.15) is 17.4 Å². The Bertz CT molecular complexity index is 631. The van der Waals surface area contributed by atoms with Gasteiger partial charge in [-0.3, -0.25) is 4.99 Å². The van der Waals surface area contributed by atoms with Crippen LogP contribution in [-0.2, 0) is 12.8 Å². The third-order valence-corrected chi connectivity index (χ3v) is 4.69. The normalized spacial score (nSPS) is 10.9. The number of nitrogens with zero attached hydrogens (tertiary/aromatic N) is 2. The summed E-state index contributed by atoms with van der Waals surface area (Å²) in [5.41, 5.74) is 1.27. The van der Waals surface area contributed by atoms with Crippen molar-refractivity contribution < 1.29 is 4.74 Å². The second-order valence-corrected chi connectivity index (χ2v) is 6.59. The molecule has 0 radical (unpaired) electrons. The first-order chi connectivity index (χ1) is 11.7. The number of guanidine groups is 1. The fourth-order valence-corrected chi connectivity index (χ4v) is 3.20. The van der Waals surface area contributed by atoms with Crippen LogP contribution in [0.5, 0.6) is 5.75 Å². The van der Waals surface area contributed by atoms with Crippen LogP contribution in [0.25, 0.3) is 0 Å². The van der Waals surface area contributed by atoms with Crippen LogP contribution in [-0.4, -0.2) is 44.7 Å². The van der Waals surface area contributed by atoms with Crippen molar-refractivity contribution in [3.63, 3.8) is 0 Å². The molecule has 1 aromatic carbocycles. The standard InChI is InChI=1S/C19H27N3OS.HI/c1-4-23-17-8-5-7-16(15-17)10-12-21-19(20-2)22(3)13-11-18-9-6-14-24-18;/h5-9,14-15H,4,10-13H2,1-3H3,(H,20,21);1H. The summed E-state index contributed by atoms with van der Waals surface area (Å²) in [6, 6.07) is 12.6. The minimum atomic E-state index is 0. The predicted molar refractivity (Wildman–Crippen MR) is 119 cm³/mol. The van der Waals surface area contributed by atoms with Gasteiger partial charge in [0.25, 0.3) is 0 Å². The van der Waals surface area contributed by atoms with Gasteiger partial charge in [0.1, 0.15) is 5.75 Å². The van der Waals surface area contributed by atoms with Crippen LogP contribution < -0.4 is 10.1 Å². The van der Waals surface area contributed by atoms with Gasteiger partial charge >= 0.3 is 0 Å². The SMILES string of the molecule is CCOc1cccc(CCNC(=NC)N(C)CCc2cccs2)c1.I. The molecule has 4 nitrogen and oxygen atoms in total. The zero-order valence-corrected chi connectivity index (χ0v) is 18.3. The Labute approximate surface area is 172 Å². The molecule has 2 aromatic rings. The van der Waals surface area contributed by atoms with E-state index in [1.165, 1.54) is 10.4 Å². The molecule has 0 saturated heterocycles. The van der Waals surface area contributed by atoms with Crippen molar-refractivity contribution in [3.8, 4) is 5.75 Å². The summed E-state index contributed by atoms with van der Waals surface area (Å²) in [6.45, 7) is 4.51. The Morgan fingerprint density at radius 1 is 1.24 bits per heavy atom. The first-order valence-electron chi connectivity index (χ1n) is 8.38. The van der Waals surface area contributed by atoms with Crippen molar-refractivity contribution in [1.82, 2.24) is 10.2 Å². The molecule has 138 valence electrons. The Kier molecular flexibility index (Phi) is 10.6. The first kappa shape index (κ1) is 21.8. The molecule has 0 aliphatic carbocycles. The smallest absolute Gasteiger partial charge is 0.193 e. The number of likely N-dealkylation sites (N-methyl/N-ethyl adjacent to an activating group) is 1. The molecular formula is C19H28IN3OS. The van der Waals surface area contributed by atoms with Gasteiger partial charge in [-0.15, -0.1) is 35.3 Å². The lowest BCUT2D eigenvalue weighted by atomic mass is 10.1. The molecule has 0 spiro atoms. The number of rotatable bonds is 8. The van der Waals surface area contributed by atoms with Gasteiger partial charge in [-0.2, -0.15) is 0 Å². The van der Waals surface area contributed by atoms with Crippen LogP contribution in [0.2, 0.25) is 0 Å². The average molecular weight is 473 g/mol. The number of ether oxygens (including phenoxy) is 1. The second-order valence-electron chi connectivity index (χ2n) is 5.56. The molecule has 0 aliphatic heterocycles. The van der Waals surface area contributed by atoms with Gasteiger partial charge in [-0.05, 0) is 48.9 Å². The first-order valence-corrected chi connectivity index (χ1v) is 9.26. The number of thiophene rings is 1. The van der Waals surface area contributed by atoms with Crippen LogP contribution in [0.4, 0.5) is 0 Å². The highest BCUT2D eigenvalue weighted by Crippen LogP contribution is 2.13. The lowest BCUT2D eigenvalue weighted by Crippen LogP contribution is -2.40. The van der Waals surface area contributed by atoms with E-state index in [2.05, 4.69) is 51.9 Å². The van der Waals surface area contributed by atoms with Gasteiger partial charge in [0, 0.05) is 32.1 Å². The molecule has 0 unspecified atom stereocenters. The van der Waals surface area contributed by atoms with E-state index in [0.29, 0.717) is 6.61 Å². The Morgan fingerprint density at radius 3 is 2.76 bits per heavy atom.